The molecule has 0 spiro atoms. The number of thiocarbonyl (C=S) groups is 1. The van der Waals surface area contributed by atoms with E-state index in [0.717, 1.165) is 15.6 Å². The molecule has 0 aromatic heterocycles. The largest absolute Gasteiger partial charge is 0.490 e. The standard InChI is InChI=1S/C18H20BrN3O2S/c1-3-23-17-10-14(11-21-22-18(25)20-2)6-9-16(17)24-12-13-4-7-15(19)8-5-13/h4-11H,3,12H2,1-2H3,(H2,20,22,25)/p+1. The van der Waals surface area contributed by atoms with Crippen molar-refractivity contribution in [1.29, 1.82) is 0 Å². The van der Waals surface area contributed by atoms with Crippen LogP contribution in [0.2, 0.25) is 0 Å². The van der Waals surface area contributed by atoms with Crippen molar-refractivity contribution in [3.63, 3.8) is 0 Å². The minimum atomic E-state index is 0.479. The van der Waals surface area contributed by atoms with E-state index in [4.69, 9.17) is 21.7 Å². The van der Waals surface area contributed by atoms with Gasteiger partial charge >= 0.3 is 0 Å². The van der Waals surface area contributed by atoms with Crippen LogP contribution < -0.4 is 25.3 Å². The van der Waals surface area contributed by atoms with E-state index >= 15 is 0 Å². The number of hydrazine groups is 1. The number of hydrogen-bond donors (Lipinski definition) is 3. The zero-order valence-electron chi connectivity index (χ0n) is 14.1. The third kappa shape index (κ3) is 6.36. The van der Waals surface area contributed by atoms with Gasteiger partial charge in [-0.25, -0.2) is 0 Å². The zero-order chi connectivity index (χ0) is 18.1. The molecule has 3 N–H and O–H groups in total. The second kappa shape index (κ2) is 10.0. The van der Waals surface area contributed by atoms with Gasteiger partial charge in [0.1, 0.15) is 6.61 Å². The van der Waals surface area contributed by atoms with Crippen molar-refractivity contribution in [2.24, 2.45) is 0 Å². The smallest absolute Gasteiger partial charge is 0.223 e. The van der Waals surface area contributed by atoms with Gasteiger partial charge in [0.15, 0.2) is 17.7 Å². The van der Waals surface area contributed by atoms with Crippen LogP contribution in [0.3, 0.4) is 0 Å². The molecule has 5 nitrogen and oxygen atoms in total. The first-order chi connectivity index (χ1) is 12.1. The van der Waals surface area contributed by atoms with Gasteiger partial charge in [-0.3, -0.25) is 0 Å². The molecule has 0 radical (unpaired) electrons. The Balaban J connectivity index is 2.06. The number of halogens is 1. The molecule has 0 aliphatic rings. The quantitative estimate of drug-likeness (QED) is 0.361. The minimum absolute atomic E-state index is 0.479. The topological polar surface area (TPSA) is 56.5 Å². The van der Waals surface area contributed by atoms with Crippen LogP contribution in [0.15, 0.2) is 46.9 Å². The molecule has 7 heteroatoms. The van der Waals surface area contributed by atoms with Crippen LogP contribution in [-0.2, 0) is 6.61 Å². The second-order valence-electron chi connectivity index (χ2n) is 5.05. The van der Waals surface area contributed by atoms with Crippen molar-refractivity contribution in [2.75, 3.05) is 13.7 Å². The first kappa shape index (κ1) is 19.2. The Morgan fingerprint density at radius 1 is 1.16 bits per heavy atom. The SMILES string of the molecule is CCOc1cc(C=[NH+]NC(=S)NC)ccc1OCc1ccc(Br)cc1. The van der Waals surface area contributed by atoms with Gasteiger partial charge < -0.3 is 14.8 Å². The van der Waals surface area contributed by atoms with E-state index in [1.165, 1.54) is 0 Å². The van der Waals surface area contributed by atoms with Gasteiger partial charge in [0, 0.05) is 17.1 Å². The van der Waals surface area contributed by atoms with Gasteiger partial charge in [-0.15, -0.1) is 10.5 Å². The van der Waals surface area contributed by atoms with Crippen LogP contribution in [0.25, 0.3) is 0 Å². The normalized spacial score (nSPS) is 10.5. The summed E-state index contributed by atoms with van der Waals surface area (Å²) in [5.41, 5.74) is 4.86. The maximum Gasteiger partial charge on any atom is 0.223 e. The van der Waals surface area contributed by atoms with Crippen LogP contribution in [0, 0.1) is 0 Å². The highest BCUT2D eigenvalue weighted by Crippen LogP contribution is 2.28. The van der Waals surface area contributed by atoms with Gasteiger partial charge in [-0.1, -0.05) is 28.1 Å². The van der Waals surface area contributed by atoms with Gasteiger partial charge in [0.25, 0.3) is 0 Å². The number of hydrogen-bond acceptors (Lipinski definition) is 3. The molecular weight excluding hydrogens is 402 g/mol. The fraction of sp³-hybridized carbons (Fsp3) is 0.222. The molecule has 2 aromatic carbocycles. The minimum Gasteiger partial charge on any atom is -0.490 e. The lowest BCUT2D eigenvalue weighted by molar-refractivity contribution is -0.500. The summed E-state index contributed by atoms with van der Waals surface area (Å²) in [6.45, 7) is 2.99. The summed E-state index contributed by atoms with van der Waals surface area (Å²) in [6.07, 6.45) is 1.80. The molecule has 0 saturated carbocycles. The summed E-state index contributed by atoms with van der Waals surface area (Å²) in [4.78, 5) is 0. The van der Waals surface area contributed by atoms with Gasteiger partial charge in [-0.05, 0) is 55.0 Å². The molecule has 132 valence electrons. The lowest BCUT2D eigenvalue weighted by Crippen LogP contribution is -2.82. The van der Waals surface area contributed by atoms with E-state index in [1.807, 2.05) is 49.4 Å². The van der Waals surface area contributed by atoms with Crippen LogP contribution in [-0.4, -0.2) is 25.0 Å². The highest BCUT2D eigenvalue weighted by molar-refractivity contribution is 9.10. The highest BCUT2D eigenvalue weighted by Gasteiger charge is 2.07. The molecule has 0 aliphatic heterocycles. The monoisotopic (exact) mass is 422 g/mol. The third-order valence-electron chi connectivity index (χ3n) is 3.23. The van der Waals surface area contributed by atoms with Crippen molar-refractivity contribution < 1.29 is 14.6 Å². The Morgan fingerprint density at radius 3 is 2.60 bits per heavy atom. The summed E-state index contributed by atoms with van der Waals surface area (Å²) in [6, 6.07) is 13.8. The molecule has 2 aromatic rings. The first-order valence-electron chi connectivity index (χ1n) is 7.83. The number of nitrogens with one attached hydrogen (secondary N) is 3. The van der Waals surface area contributed by atoms with E-state index in [2.05, 4.69) is 31.8 Å². The van der Waals surface area contributed by atoms with E-state index in [1.54, 1.807) is 13.3 Å². The molecule has 0 aliphatic carbocycles. The van der Waals surface area contributed by atoms with E-state index in [0.29, 0.717) is 29.8 Å². The number of ether oxygens (including phenoxy) is 2. The van der Waals surface area contributed by atoms with Crippen LogP contribution in [0.5, 0.6) is 11.5 Å². The molecular formula is C18H21BrN3O2S+. The average molecular weight is 423 g/mol. The maximum atomic E-state index is 5.91. The third-order valence-corrected chi connectivity index (χ3v) is 4.06. The van der Waals surface area contributed by atoms with Gasteiger partial charge in [0.05, 0.1) is 6.61 Å². The predicted molar refractivity (Wildman–Crippen MR) is 107 cm³/mol. The van der Waals surface area contributed by atoms with E-state index in [9.17, 15) is 0 Å². The summed E-state index contributed by atoms with van der Waals surface area (Å²) < 4.78 is 12.7. The van der Waals surface area contributed by atoms with Crippen LogP contribution in [0.4, 0.5) is 0 Å². The zero-order valence-corrected chi connectivity index (χ0v) is 16.5. The lowest BCUT2D eigenvalue weighted by Gasteiger charge is -2.12. The van der Waals surface area contributed by atoms with Crippen molar-refractivity contribution in [2.45, 2.75) is 13.5 Å². The molecule has 0 bridgehead atoms. The number of hydrazone groups is 1. The molecule has 0 heterocycles. The second-order valence-corrected chi connectivity index (χ2v) is 6.37. The Morgan fingerprint density at radius 2 is 1.92 bits per heavy atom. The van der Waals surface area contributed by atoms with Gasteiger partial charge in [-0.2, -0.15) is 0 Å². The van der Waals surface area contributed by atoms with Crippen molar-refractivity contribution in [1.82, 2.24) is 10.7 Å². The highest BCUT2D eigenvalue weighted by atomic mass is 79.9. The van der Waals surface area contributed by atoms with Crippen LogP contribution >= 0.6 is 28.1 Å². The fourth-order valence-electron chi connectivity index (χ4n) is 1.99. The predicted octanol–water partition coefficient (Wildman–Crippen LogP) is 1.94. The van der Waals surface area contributed by atoms with Gasteiger partial charge in [0.2, 0.25) is 5.11 Å². The summed E-state index contributed by atoms with van der Waals surface area (Å²) in [7, 11) is 1.75. The molecule has 0 unspecified atom stereocenters. The molecule has 0 amide bonds. The summed E-state index contributed by atoms with van der Waals surface area (Å²) >= 11 is 8.42. The fourth-order valence-corrected chi connectivity index (χ4v) is 2.31. The first-order valence-corrected chi connectivity index (χ1v) is 9.03. The number of benzene rings is 2. The number of rotatable bonds is 7. The van der Waals surface area contributed by atoms with Crippen molar-refractivity contribution in [3.05, 3.63) is 58.1 Å². The summed E-state index contributed by atoms with van der Waals surface area (Å²) in [5, 5.41) is 6.25. The van der Waals surface area contributed by atoms with E-state index < -0.39 is 0 Å². The molecule has 0 saturated heterocycles. The molecule has 2 rings (SSSR count). The Labute approximate surface area is 161 Å². The Kier molecular flexibility index (Phi) is 7.69. The van der Waals surface area contributed by atoms with Crippen molar-refractivity contribution >= 4 is 39.5 Å². The van der Waals surface area contributed by atoms with Crippen LogP contribution in [0.1, 0.15) is 18.1 Å². The molecule has 25 heavy (non-hydrogen) atoms. The average Bonchev–Trinajstić information content (AvgIpc) is 2.62. The summed E-state index contributed by atoms with van der Waals surface area (Å²) in [5.74, 6) is 1.41. The lowest BCUT2D eigenvalue weighted by atomic mass is 10.2. The van der Waals surface area contributed by atoms with E-state index in [-0.39, 0.29) is 0 Å². The molecule has 0 fully saturated rings. The Hall–Kier alpha value is -2.12. The van der Waals surface area contributed by atoms with Crippen molar-refractivity contribution in [3.8, 4) is 11.5 Å². The maximum absolute atomic E-state index is 5.91. The Bertz CT molecular complexity index is 736. The molecule has 0 atom stereocenters.